The van der Waals surface area contributed by atoms with Crippen LogP contribution in [0, 0.1) is 0 Å². The minimum atomic E-state index is -0.226. The Kier molecular flexibility index (Phi) is 7.73. The summed E-state index contributed by atoms with van der Waals surface area (Å²) in [5, 5.41) is 9.41. The number of hydrogen-bond acceptors (Lipinski definition) is 7. The maximum Gasteiger partial charge on any atom is 0.316 e. The number of thioether (sulfide) groups is 1. The molecule has 3 rings (SSSR count). The molecule has 28 heavy (non-hydrogen) atoms. The van der Waals surface area contributed by atoms with Gasteiger partial charge in [-0.05, 0) is 43.5 Å². The highest BCUT2D eigenvalue weighted by Crippen LogP contribution is 2.27. The molecule has 0 radical (unpaired) electrons. The molecule has 0 bridgehead atoms. The maximum atomic E-state index is 12.0. The lowest BCUT2D eigenvalue weighted by Crippen LogP contribution is -2.17. The molecule has 1 aliphatic heterocycles. The van der Waals surface area contributed by atoms with Crippen LogP contribution in [-0.2, 0) is 20.8 Å². The normalized spacial score (nSPS) is 16.3. The quantitative estimate of drug-likeness (QED) is 0.340. The van der Waals surface area contributed by atoms with Gasteiger partial charge >= 0.3 is 5.97 Å². The lowest BCUT2D eigenvalue weighted by molar-refractivity contribution is -0.140. The number of ether oxygens (including phenoxy) is 3. The number of hydrogen-bond donors (Lipinski definition) is 0. The standard InChI is InChI=1S/C20H27N3O4S/c1-3-4-11-27-18(24)14-28-20-22-21-19(15-7-9-16(25-2)10-8-15)23(20)13-17-6-5-12-26-17/h7-10,17H,3-6,11-14H2,1-2H3. The van der Waals surface area contributed by atoms with Gasteiger partial charge in [-0.15, -0.1) is 10.2 Å². The van der Waals surface area contributed by atoms with E-state index in [1.165, 1.54) is 11.8 Å². The van der Waals surface area contributed by atoms with Gasteiger partial charge in [0, 0.05) is 12.2 Å². The predicted octanol–water partition coefficient (Wildman–Crippen LogP) is 3.57. The van der Waals surface area contributed by atoms with Gasteiger partial charge in [-0.2, -0.15) is 0 Å². The number of unbranched alkanes of at least 4 members (excludes halogenated alkanes) is 1. The van der Waals surface area contributed by atoms with Crippen molar-refractivity contribution in [2.45, 2.75) is 50.4 Å². The van der Waals surface area contributed by atoms with Gasteiger partial charge in [-0.1, -0.05) is 25.1 Å². The molecule has 1 saturated heterocycles. The Labute approximate surface area is 169 Å². The Morgan fingerprint density at radius 2 is 2.14 bits per heavy atom. The second-order valence-electron chi connectivity index (χ2n) is 6.64. The van der Waals surface area contributed by atoms with Gasteiger partial charge in [0.25, 0.3) is 0 Å². The largest absolute Gasteiger partial charge is 0.497 e. The molecule has 0 saturated carbocycles. The molecule has 2 aromatic rings. The second kappa shape index (κ2) is 10.5. The first-order valence-corrected chi connectivity index (χ1v) is 10.7. The van der Waals surface area contributed by atoms with Gasteiger partial charge in [0.2, 0.25) is 0 Å². The van der Waals surface area contributed by atoms with Crippen molar-refractivity contribution in [3.63, 3.8) is 0 Å². The highest BCUT2D eigenvalue weighted by atomic mass is 32.2. The number of methoxy groups -OCH3 is 1. The van der Waals surface area contributed by atoms with Crippen LogP contribution in [0.4, 0.5) is 0 Å². The van der Waals surface area contributed by atoms with Crippen LogP contribution in [0.3, 0.4) is 0 Å². The van der Waals surface area contributed by atoms with E-state index in [9.17, 15) is 4.79 Å². The minimum absolute atomic E-state index is 0.142. The summed E-state index contributed by atoms with van der Waals surface area (Å²) >= 11 is 1.35. The van der Waals surface area contributed by atoms with Crippen LogP contribution in [0.5, 0.6) is 5.75 Å². The van der Waals surface area contributed by atoms with Crippen molar-refractivity contribution in [1.29, 1.82) is 0 Å². The first-order chi connectivity index (χ1) is 13.7. The smallest absolute Gasteiger partial charge is 0.316 e. The molecule has 1 fully saturated rings. The number of carbonyl (C=O) groups excluding carboxylic acids is 1. The summed E-state index contributed by atoms with van der Waals surface area (Å²) in [6.45, 7) is 3.99. The number of esters is 1. The third-order valence-corrected chi connectivity index (χ3v) is 5.50. The van der Waals surface area contributed by atoms with Crippen LogP contribution in [0.25, 0.3) is 11.4 Å². The lowest BCUT2D eigenvalue weighted by Gasteiger charge is -2.14. The van der Waals surface area contributed by atoms with Crippen LogP contribution in [0.15, 0.2) is 29.4 Å². The molecule has 7 nitrogen and oxygen atoms in total. The molecule has 1 aromatic heterocycles. The lowest BCUT2D eigenvalue weighted by atomic mass is 10.2. The van der Waals surface area contributed by atoms with Gasteiger partial charge in [-0.3, -0.25) is 9.36 Å². The number of benzene rings is 1. The number of rotatable bonds is 10. The number of nitrogens with zero attached hydrogens (tertiary/aromatic N) is 3. The Morgan fingerprint density at radius 3 is 2.82 bits per heavy atom. The average Bonchev–Trinajstić information content (AvgIpc) is 3.37. The summed E-state index contributed by atoms with van der Waals surface area (Å²) in [6, 6.07) is 7.72. The number of carbonyl (C=O) groups is 1. The zero-order valence-corrected chi connectivity index (χ0v) is 17.2. The van der Waals surface area contributed by atoms with E-state index in [-0.39, 0.29) is 17.8 Å². The molecule has 1 aromatic carbocycles. The zero-order chi connectivity index (χ0) is 19.8. The fourth-order valence-electron chi connectivity index (χ4n) is 3.00. The summed E-state index contributed by atoms with van der Waals surface area (Å²) in [7, 11) is 1.64. The Bertz CT molecular complexity index is 757. The summed E-state index contributed by atoms with van der Waals surface area (Å²) in [5.41, 5.74) is 0.948. The molecule has 0 spiro atoms. The van der Waals surface area contributed by atoms with E-state index in [4.69, 9.17) is 14.2 Å². The van der Waals surface area contributed by atoms with Gasteiger partial charge in [0.15, 0.2) is 11.0 Å². The van der Waals surface area contributed by atoms with Gasteiger partial charge in [-0.25, -0.2) is 0 Å². The summed E-state index contributed by atoms with van der Waals surface area (Å²) in [5.74, 6) is 1.55. The third kappa shape index (κ3) is 5.48. The van der Waals surface area contributed by atoms with Crippen LogP contribution in [-0.4, -0.2) is 52.9 Å². The molecular weight excluding hydrogens is 378 g/mol. The topological polar surface area (TPSA) is 75.5 Å². The molecular formula is C20H27N3O4S. The fraction of sp³-hybridized carbons (Fsp3) is 0.550. The van der Waals surface area contributed by atoms with Crippen molar-refractivity contribution in [3.8, 4) is 17.1 Å². The van der Waals surface area contributed by atoms with E-state index in [2.05, 4.69) is 17.1 Å². The minimum Gasteiger partial charge on any atom is -0.497 e. The first kappa shape index (κ1) is 20.7. The van der Waals surface area contributed by atoms with Crippen molar-refractivity contribution in [3.05, 3.63) is 24.3 Å². The molecule has 2 heterocycles. The molecule has 0 N–H and O–H groups in total. The van der Waals surface area contributed by atoms with Crippen molar-refractivity contribution >= 4 is 17.7 Å². The fourth-order valence-corrected chi connectivity index (χ4v) is 3.75. The molecule has 1 atom stereocenters. The second-order valence-corrected chi connectivity index (χ2v) is 7.59. The van der Waals surface area contributed by atoms with E-state index in [0.717, 1.165) is 49.4 Å². The molecule has 152 valence electrons. The first-order valence-electron chi connectivity index (χ1n) is 9.69. The summed E-state index contributed by atoms with van der Waals surface area (Å²) < 4.78 is 18.3. The molecule has 0 amide bonds. The highest BCUT2D eigenvalue weighted by molar-refractivity contribution is 7.99. The van der Waals surface area contributed by atoms with Gasteiger partial charge in [0.05, 0.1) is 32.1 Å². The zero-order valence-electron chi connectivity index (χ0n) is 16.4. The number of aromatic nitrogens is 3. The Balaban J connectivity index is 1.74. The third-order valence-electron chi connectivity index (χ3n) is 4.56. The molecule has 1 unspecified atom stereocenters. The van der Waals surface area contributed by atoms with Gasteiger partial charge in [0.1, 0.15) is 5.75 Å². The summed E-state index contributed by atoms with van der Waals surface area (Å²) in [6.07, 6.45) is 4.11. The molecule has 1 aliphatic rings. The van der Waals surface area contributed by atoms with E-state index in [0.29, 0.717) is 18.3 Å². The SMILES string of the molecule is CCCCOC(=O)CSc1nnc(-c2ccc(OC)cc2)n1CC1CCCO1. The van der Waals surface area contributed by atoms with E-state index in [1.807, 2.05) is 28.8 Å². The van der Waals surface area contributed by atoms with E-state index in [1.54, 1.807) is 7.11 Å². The van der Waals surface area contributed by atoms with Crippen LogP contribution in [0.2, 0.25) is 0 Å². The maximum absolute atomic E-state index is 12.0. The monoisotopic (exact) mass is 405 g/mol. The van der Waals surface area contributed by atoms with Crippen LogP contribution >= 0.6 is 11.8 Å². The average molecular weight is 406 g/mol. The highest BCUT2D eigenvalue weighted by Gasteiger charge is 2.22. The van der Waals surface area contributed by atoms with Crippen LogP contribution in [0.1, 0.15) is 32.6 Å². The van der Waals surface area contributed by atoms with E-state index < -0.39 is 0 Å². The van der Waals surface area contributed by atoms with Gasteiger partial charge < -0.3 is 14.2 Å². The van der Waals surface area contributed by atoms with Crippen molar-refractivity contribution in [2.24, 2.45) is 0 Å². The molecule has 8 heteroatoms. The Hall–Kier alpha value is -2.06. The predicted molar refractivity (Wildman–Crippen MR) is 108 cm³/mol. The van der Waals surface area contributed by atoms with Crippen molar-refractivity contribution in [1.82, 2.24) is 14.8 Å². The van der Waals surface area contributed by atoms with Crippen LogP contribution < -0.4 is 4.74 Å². The Morgan fingerprint density at radius 1 is 1.32 bits per heavy atom. The molecule has 0 aliphatic carbocycles. The summed E-state index contributed by atoms with van der Waals surface area (Å²) in [4.78, 5) is 12.0. The van der Waals surface area contributed by atoms with Crippen molar-refractivity contribution < 1.29 is 19.0 Å². The van der Waals surface area contributed by atoms with E-state index >= 15 is 0 Å². The van der Waals surface area contributed by atoms with Crippen molar-refractivity contribution in [2.75, 3.05) is 26.1 Å².